The van der Waals surface area contributed by atoms with E-state index in [1.54, 1.807) is 0 Å². The van der Waals surface area contributed by atoms with Gasteiger partial charge in [0.25, 0.3) is 0 Å². The van der Waals surface area contributed by atoms with Gasteiger partial charge < -0.3 is 4.74 Å². The summed E-state index contributed by atoms with van der Waals surface area (Å²) in [6, 6.07) is 5.12. The Balaban J connectivity index is 2.02. The first-order valence-corrected chi connectivity index (χ1v) is 5.80. The van der Waals surface area contributed by atoms with Gasteiger partial charge in [-0.25, -0.2) is 0 Å². The summed E-state index contributed by atoms with van der Waals surface area (Å²) in [6.45, 7) is 0.699. The van der Waals surface area contributed by atoms with Gasteiger partial charge >= 0.3 is 6.18 Å². The maximum Gasteiger partial charge on any atom is 0.416 e. The summed E-state index contributed by atoms with van der Waals surface area (Å²) in [5, 5.41) is 3.44. The van der Waals surface area contributed by atoms with Gasteiger partial charge in [-0.15, -0.1) is 0 Å². The number of halogens is 3. The first kappa shape index (κ1) is 13.7. The molecule has 1 aromatic rings. The Hall–Kier alpha value is -1.72. The molecule has 0 unspecified atom stereocenters. The molecule has 1 heterocycles. The number of azide groups is 1. The molecule has 0 spiro atoms. The van der Waals surface area contributed by atoms with Crippen LogP contribution in [0.4, 0.5) is 13.2 Å². The number of hydrogen-bond acceptors (Lipinski definition) is 2. The summed E-state index contributed by atoms with van der Waals surface area (Å²) >= 11 is 0. The van der Waals surface area contributed by atoms with Gasteiger partial charge in [-0.1, -0.05) is 17.2 Å². The van der Waals surface area contributed by atoms with E-state index in [0.717, 1.165) is 17.7 Å². The molecule has 1 aliphatic rings. The minimum atomic E-state index is -4.31. The molecule has 0 N–H and O–H groups in total. The molecule has 1 aromatic carbocycles. The summed E-state index contributed by atoms with van der Waals surface area (Å²) in [4.78, 5) is 2.66. The molecule has 0 aromatic heterocycles. The third-order valence-corrected chi connectivity index (χ3v) is 3.14. The number of nitrogens with zero attached hydrogens (tertiary/aromatic N) is 3. The van der Waals surface area contributed by atoms with Crippen molar-refractivity contribution in [3.63, 3.8) is 0 Å². The Bertz CT molecular complexity index is 480. The predicted octanol–water partition coefficient (Wildman–Crippen LogP) is 3.89. The molecule has 0 amide bonds. The second-order valence-corrected chi connectivity index (χ2v) is 4.42. The normalized spacial score (nSPS) is 23.1. The van der Waals surface area contributed by atoms with Crippen LogP contribution in [0.3, 0.4) is 0 Å². The van der Waals surface area contributed by atoms with E-state index in [1.165, 1.54) is 12.1 Å². The topological polar surface area (TPSA) is 58.0 Å². The van der Waals surface area contributed by atoms with Gasteiger partial charge in [-0.05, 0) is 29.6 Å². The van der Waals surface area contributed by atoms with Crippen molar-refractivity contribution in [3.05, 3.63) is 45.8 Å². The highest BCUT2D eigenvalue weighted by Crippen LogP contribution is 2.33. The van der Waals surface area contributed by atoms with Crippen LogP contribution in [-0.4, -0.2) is 19.3 Å². The van der Waals surface area contributed by atoms with Crippen LogP contribution in [0.2, 0.25) is 0 Å². The Morgan fingerprint density at radius 1 is 1.32 bits per heavy atom. The zero-order valence-electron chi connectivity index (χ0n) is 9.97. The lowest BCUT2D eigenvalue weighted by Crippen LogP contribution is -2.08. The lowest BCUT2D eigenvalue weighted by atomic mass is 9.95. The predicted molar refractivity (Wildman–Crippen MR) is 62.6 cm³/mol. The molecule has 1 fully saturated rings. The molecular formula is C12H12F3N3O. The Kier molecular flexibility index (Phi) is 3.97. The van der Waals surface area contributed by atoms with Gasteiger partial charge in [-0.3, -0.25) is 0 Å². The quantitative estimate of drug-likeness (QED) is 0.467. The minimum absolute atomic E-state index is 0.0566. The fourth-order valence-corrected chi connectivity index (χ4v) is 2.14. The van der Waals surface area contributed by atoms with Crippen LogP contribution in [0.15, 0.2) is 29.4 Å². The van der Waals surface area contributed by atoms with E-state index >= 15 is 0 Å². The zero-order chi connectivity index (χ0) is 13.9. The van der Waals surface area contributed by atoms with E-state index in [4.69, 9.17) is 10.3 Å². The molecule has 1 aliphatic heterocycles. The van der Waals surface area contributed by atoms with Crippen LogP contribution in [0.1, 0.15) is 23.5 Å². The highest BCUT2D eigenvalue weighted by molar-refractivity contribution is 5.27. The Morgan fingerprint density at radius 3 is 2.58 bits per heavy atom. The average Bonchev–Trinajstić information content (AvgIpc) is 2.84. The van der Waals surface area contributed by atoms with Crippen molar-refractivity contribution in [2.24, 2.45) is 5.11 Å². The van der Waals surface area contributed by atoms with E-state index in [1.807, 2.05) is 0 Å². The molecule has 4 nitrogen and oxygen atoms in total. The van der Waals surface area contributed by atoms with Crippen LogP contribution >= 0.6 is 0 Å². The van der Waals surface area contributed by atoms with E-state index in [-0.39, 0.29) is 18.6 Å². The van der Waals surface area contributed by atoms with Crippen molar-refractivity contribution < 1.29 is 17.9 Å². The van der Waals surface area contributed by atoms with Crippen molar-refractivity contribution >= 4 is 0 Å². The van der Waals surface area contributed by atoms with Gasteiger partial charge in [0.1, 0.15) is 0 Å². The number of benzene rings is 1. The van der Waals surface area contributed by atoms with Gasteiger partial charge in [-0.2, -0.15) is 13.2 Å². The molecule has 0 aliphatic carbocycles. The third kappa shape index (κ3) is 3.39. The number of rotatable bonds is 3. The van der Waals surface area contributed by atoms with Crippen LogP contribution in [0.25, 0.3) is 10.4 Å². The molecule has 0 saturated carbocycles. The molecule has 2 rings (SSSR count). The van der Waals surface area contributed by atoms with E-state index in [2.05, 4.69) is 10.0 Å². The standard InChI is InChI=1S/C12H12F3N3O/c13-12(14,15)10-3-1-8(2-4-10)9-5-11(19-7-9)6-17-18-16/h1-4,9,11H,5-7H2/t9-,11+/m0/s1. The maximum absolute atomic E-state index is 12.4. The van der Waals surface area contributed by atoms with Crippen LogP contribution in [-0.2, 0) is 10.9 Å². The smallest absolute Gasteiger partial charge is 0.377 e. The summed E-state index contributed by atoms with van der Waals surface area (Å²) in [5.41, 5.74) is 8.38. The molecular weight excluding hydrogens is 259 g/mol. The highest BCUT2D eigenvalue weighted by atomic mass is 19.4. The van der Waals surface area contributed by atoms with Crippen molar-refractivity contribution in [2.45, 2.75) is 24.6 Å². The first-order valence-electron chi connectivity index (χ1n) is 5.80. The number of hydrogen-bond donors (Lipinski definition) is 0. The summed E-state index contributed by atoms with van der Waals surface area (Å²) in [5.74, 6) is 0.0566. The summed E-state index contributed by atoms with van der Waals surface area (Å²) < 4.78 is 42.7. The van der Waals surface area contributed by atoms with Crippen molar-refractivity contribution in [3.8, 4) is 0 Å². The summed E-state index contributed by atoms with van der Waals surface area (Å²) in [6.07, 6.45) is -3.80. The molecule has 1 saturated heterocycles. The Labute approximate surface area is 107 Å². The largest absolute Gasteiger partial charge is 0.416 e. The van der Waals surface area contributed by atoms with Gasteiger partial charge in [0.2, 0.25) is 0 Å². The van der Waals surface area contributed by atoms with Gasteiger partial charge in [0.15, 0.2) is 0 Å². The van der Waals surface area contributed by atoms with Gasteiger partial charge in [0.05, 0.1) is 24.8 Å². The first-order chi connectivity index (χ1) is 9.00. The fraction of sp³-hybridized carbons (Fsp3) is 0.500. The third-order valence-electron chi connectivity index (χ3n) is 3.14. The minimum Gasteiger partial charge on any atom is -0.377 e. The highest BCUT2D eigenvalue weighted by Gasteiger charge is 2.31. The van der Waals surface area contributed by atoms with Crippen molar-refractivity contribution in [1.82, 2.24) is 0 Å². The second-order valence-electron chi connectivity index (χ2n) is 4.42. The van der Waals surface area contributed by atoms with Crippen molar-refractivity contribution in [1.29, 1.82) is 0 Å². The maximum atomic E-state index is 12.4. The van der Waals surface area contributed by atoms with E-state index in [0.29, 0.717) is 13.0 Å². The van der Waals surface area contributed by atoms with E-state index < -0.39 is 11.7 Å². The van der Waals surface area contributed by atoms with Crippen LogP contribution in [0.5, 0.6) is 0 Å². The number of ether oxygens (including phenoxy) is 1. The van der Waals surface area contributed by atoms with Crippen LogP contribution in [0, 0.1) is 0 Å². The lowest BCUT2D eigenvalue weighted by molar-refractivity contribution is -0.137. The molecule has 7 heteroatoms. The number of alkyl halides is 3. The van der Waals surface area contributed by atoms with Gasteiger partial charge in [0, 0.05) is 10.8 Å². The molecule has 2 atom stereocenters. The van der Waals surface area contributed by atoms with Crippen LogP contribution < -0.4 is 0 Å². The van der Waals surface area contributed by atoms with E-state index in [9.17, 15) is 13.2 Å². The monoisotopic (exact) mass is 271 g/mol. The average molecular weight is 271 g/mol. The van der Waals surface area contributed by atoms with Crippen molar-refractivity contribution in [2.75, 3.05) is 13.2 Å². The fourth-order valence-electron chi connectivity index (χ4n) is 2.14. The molecule has 0 radical (unpaired) electrons. The zero-order valence-corrected chi connectivity index (χ0v) is 9.97. The molecule has 19 heavy (non-hydrogen) atoms. The SMILES string of the molecule is [N-]=[N+]=NC[C@H]1C[C@H](c2ccc(C(F)(F)F)cc2)CO1. The molecule has 0 bridgehead atoms. The lowest BCUT2D eigenvalue weighted by Gasteiger charge is -2.11. The molecule has 102 valence electrons. The summed E-state index contributed by atoms with van der Waals surface area (Å²) in [7, 11) is 0. The Morgan fingerprint density at radius 2 is 2.00 bits per heavy atom. The second kappa shape index (κ2) is 5.50.